The number of cyclic esters (lactones) is 1. The average Bonchev–Trinajstić information content (AvgIpc) is 2.11. The first kappa shape index (κ1) is 7.18. The van der Waals surface area contributed by atoms with E-state index in [1.54, 1.807) is 0 Å². The highest BCUT2D eigenvalue weighted by molar-refractivity contribution is 5.68. The number of azo groups is 1. The summed E-state index contributed by atoms with van der Waals surface area (Å²) in [4.78, 5) is 10.4. The highest BCUT2D eigenvalue weighted by Gasteiger charge is 2.32. The van der Waals surface area contributed by atoms with Crippen molar-refractivity contribution in [2.24, 2.45) is 15.6 Å². The van der Waals surface area contributed by atoms with E-state index in [4.69, 9.17) is 4.74 Å². The average molecular weight is 142 g/mol. The molecule has 0 N–H and O–H groups in total. The van der Waals surface area contributed by atoms with Gasteiger partial charge in [0, 0.05) is 5.41 Å². The van der Waals surface area contributed by atoms with E-state index in [1.165, 1.54) is 0 Å². The van der Waals surface area contributed by atoms with E-state index in [0.717, 1.165) is 0 Å². The second-order valence-corrected chi connectivity index (χ2v) is 3.32. The number of carbonyl (C=O) groups is 1. The molecule has 1 rings (SSSR count). The van der Waals surface area contributed by atoms with Crippen LogP contribution in [0.1, 0.15) is 20.8 Å². The maximum atomic E-state index is 10.4. The summed E-state index contributed by atoms with van der Waals surface area (Å²) in [7, 11) is 0. The Morgan fingerprint density at radius 3 is 2.30 bits per heavy atom. The van der Waals surface area contributed by atoms with E-state index in [1.807, 2.05) is 20.8 Å². The number of hydrogen-bond donors (Lipinski definition) is 0. The van der Waals surface area contributed by atoms with Crippen LogP contribution in [0.15, 0.2) is 10.2 Å². The van der Waals surface area contributed by atoms with Gasteiger partial charge in [0.05, 0.1) is 0 Å². The van der Waals surface area contributed by atoms with Crippen LogP contribution in [0, 0.1) is 5.41 Å². The van der Waals surface area contributed by atoms with Crippen molar-refractivity contribution in [2.75, 3.05) is 0 Å². The zero-order valence-corrected chi connectivity index (χ0v) is 6.29. The van der Waals surface area contributed by atoms with Gasteiger partial charge in [0.15, 0.2) is 0 Å². The van der Waals surface area contributed by atoms with Crippen LogP contribution >= 0.6 is 0 Å². The lowest BCUT2D eigenvalue weighted by Crippen LogP contribution is -2.24. The third-order valence-corrected chi connectivity index (χ3v) is 1.20. The molecule has 0 spiro atoms. The van der Waals surface area contributed by atoms with Crippen molar-refractivity contribution in [3.8, 4) is 0 Å². The fraction of sp³-hybridized carbons (Fsp3) is 0.833. The smallest absolute Gasteiger partial charge is 0.419 e. The van der Waals surface area contributed by atoms with Gasteiger partial charge >= 0.3 is 6.09 Å². The number of rotatable bonds is 0. The molecule has 0 fully saturated rings. The lowest BCUT2D eigenvalue weighted by atomic mass is 9.95. The molecule has 0 saturated heterocycles. The molecule has 10 heavy (non-hydrogen) atoms. The van der Waals surface area contributed by atoms with E-state index in [0.29, 0.717) is 0 Å². The first-order chi connectivity index (χ1) is 4.50. The molecule has 1 amide bonds. The molecule has 0 aliphatic carbocycles. The summed E-state index contributed by atoms with van der Waals surface area (Å²) in [5, 5.41) is 6.89. The largest absolute Gasteiger partial charge is 0.454 e. The molecule has 0 aromatic rings. The minimum absolute atomic E-state index is 0.143. The van der Waals surface area contributed by atoms with Gasteiger partial charge in [-0.1, -0.05) is 25.9 Å². The van der Waals surface area contributed by atoms with Crippen LogP contribution in [0.4, 0.5) is 4.79 Å². The van der Waals surface area contributed by atoms with Crippen LogP contribution in [-0.2, 0) is 4.74 Å². The van der Waals surface area contributed by atoms with Gasteiger partial charge < -0.3 is 4.74 Å². The van der Waals surface area contributed by atoms with Crippen LogP contribution in [0.25, 0.3) is 0 Å². The van der Waals surface area contributed by atoms with E-state index in [2.05, 4.69) is 10.2 Å². The number of amides is 1. The van der Waals surface area contributed by atoms with Gasteiger partial charge in [-0.2, -0.15) is 0 Å². The number of nitrogens with zero attached hydrogens (tertiary/aromatic N) is 2. The molecular formula is C6H10N2O2. The highest BCUT2D eigenvalue weighted by atomic mass is 16.6. The molecule has 4 heteroatoms. The molecule has 0 saturated carbocycles. The second-order valence-electron chi connectivity index (χ2n) is 3.32. The molecule has 0 bridgehead atoms. The van der Waals surface area contributed by atoms with Gasteiger partial charge in [-0.25, -0.2) is 4.79 Å². The lowest BCUT2D eigenvalue weighted by Gasteiger charge is -2.20. The Morgan fingerprint density at radius 1 is 1.50 bits per heavy atom. The van der Waals surface area contributed by atoms with Gasteiger partial charge in [-0.3, -0.25) is 0 Å². The molecule has 1 unspecified atom stereocenters. The first-order valence-corrected chi connectivity index (χ1v) is 3.11. The van der Waals surface area contributed by atoms with Gasteiger partial charge in [-0.05, 0) is 0 Å². The molecule has 0 aromatic carbocycles. The van der Waals surface area contributed by atoms with Crippen molar-refractivity contribution in [3.63, 3.8) is 0 Å². The predicted molar refractivity (Wildman–Crippen MR) is 34.6 cm³/mol. The quantitative estimate of drug-likeness (QED) is 0.519. The topological polar surface area (TPSA) is 51.0 Å². The van der Waals surface area contributed by atoms with Gasteiger partial charge in [0.1, 0.15) is 0 Å². The summed E-state index contributed by atoms with van der Waals surface area (Å²) >= 11 is 0. The monoisotopic (exact) mass is 142 g/mol. The first-order valence-electron chi connectivity index (χ1n) is 3.11. The van der Waals surface area contributed by atoms with E-state index < -0.39 is 12.3 Å². The van der Waals surface area contributed by atoms with Crippen LogP contribution in [-0.4, -0.2) is 12.3 Å². The molecular weight excluding hydrogens is 132 g/mol. The molecule has 1 atom stereocenters. The number of ether oxygens (including phenoxy) is 1. The minimum atomic E-state index is -0.583. The van der Waals surface area contributed by atoms with E-state index >= 15 is 0 Å². The van der Waals surface area contributed by atoms with Gasteiger partial charge in [0.25, 0.3) is 0 Å². The molecule has 1 heterocycles. The maximum absolute atomic E-state index is 10.4. The van der Waals surface area contributed by atoms with Crippen molar-refractivity contribution < 1.29 is 9.53 Å². The summed E-state index contributed by atoms with van der Waals surface area (Å²) < 4.78 is 4.75. The normalized spacial score (nSPS) is 25.1. The summed E-state index contributed by atoms with van der Waals surface area (Å²) in [6.07, 6.45) is -0.986. The minimum Gasteiger partial charge on any atom is -0.419 e. The summed E-state index contributed by atoms with van der Waals surface area (Å²) in [5.74, 6) is 0. The number of carbonyl (C=O) groups excluding carboxylic acids is 1. The van der Waals surface area contributed by atoms with Crippen molar-refractivity contribution in [1.82, 2.24) is 0 Å². The fourth-order valence-corrected chi connectivity index (χ4v) is 0.592. The van der Waals surface area contributed by atoms with Crippen molar-refractivity contribution in [3.05, 3.63) is 0 Å². The Labute approximate surface area is 59.3 Å². The molecule has 1 aliphatic rings. The highest BCUT2D eigenvalue weighted by Crippen LogP contribution is 2.26. The molecule has 0 radical (unpaired) electrons. The Balaban J connectivity index is 2.63. The number of hydrogen-bond acceptors (Lipinski definition) is 3. The van der Waals surface area contributed by atoms with Crippen LogP contribution in [0.5, 0.6) is 0 Å². The van der Waals surface area contributed by atoms with Gasteiger partial charge in [0.2, 0.25) is 6.23 Å². The second kappa shape index (κ2) is 2.04. The summed E-state index contributed by atoms with van der Waals surface area (Å²) in [5.41, 5.74) is -0.143. The SMILES string of the molecule is CC(C)(C)C1N=NC(=O)O1. The fourth-order valence-electron chi connectivity index (χ4n) is 0.592. The molecule has 4 nitrogen and oxygen atoms in total. The Kier molecular flexibility index (Phi) is 1.46. The Bertz CT molecular complexity index is 181. The third kappa shape index (κ3) is 1.32. The van der Waals surface area contributed by atoms with Crippen LogP contribution in [0.2, 0.25) is 0 Å². The van der Waals surface area contributed by atoms with Crippen molar-refractivity contribution in [1.29, 1.82) is 0 Å². The van der Waals surface area contributed by atoms with Crippen molar-refractivity contribution >= 4 is 6.09 Å². The maximum Gasteiger partial charge on any atom is 0.454 e. The van der Waals surface area contributed by atoms with Crippen molar-refractivity contribution in [2.45, 2.75) is 27.0 Å². The zero-order chi connectivity index (χ0) is 7.78. The third-order valence-electron chi connectivity index (χ3n) is 1.20. The van der Waals surface area contributed by atoms with E-state index in [9.17, 15) is 4.79 Å². The Morgan fingerprint density at radius 2 is 2.10 bits per heavy atom. The Hall–Kier alpha value is -0.930. The molecule has 1 aliphatic heterocycles. The standard InChI is InChI=1S/C6H10N2O2/c1-6(2,3)4-7-8-5(9)10-4/h4H,1-3H3. The molecule has 0 aromatic heterocycles. The summed E-state index contributed by atoms with van der Waals surface area (Å²) in [6.45, 7) is 5.82. The lowest BCUT2D eigenvalue weighted by molar-refractivity contribution is 0.0621. The van der Waals surface area contributed by atoms with Crippen LogP contribution < -0.4 is 0 Å². The predicted octanol–water partition coefficient (Wildman–Crippen LogP) is 1.96. The molecule has 56 valence electrons. The zero-order valence-electron chi connectivity index (χ0n) is 6.29. The van der Waals surface area contributed by atoms with Gasteiger partial charge in [-0.15, -0.1) is 5.11 Å². The van der Waals surface area contributed by atoms with Crippen LogP contribution in [0.3, 0.4) is 0 Å². The van der Waals surface area contributed by atoms with E-state index in [-0.39, 0.29) is 5.41 Å². The summed E-state index contributed by atoms with van der Waals surface area (Å²) in [6, 6.07) is 0.